The van der Waals surface area contributed by atoms with E-state index >= 15 is 0 Å². The van der Waals surface area contributed by atoms with Gasteiger partial charge in [0.2, 0.25) is 0 Å². The van der Waals surface area contributed by atoms with E-state index in [4.69, 9.17) is 14.2 Å². The minimum absolute atomic E-state index is 0.337. The van der Waals surface area contributed by atoms with Crippen LogP contribution in [0.1, 0.15) is 17.3 Å². The van der Waals surface area contributed by atoms with Gasteiger partial charge in [-0.2, -0.15) is 0 Å². The number of aldehydes is 1. The van der Waals surface area contributed by atoms with Gasteiger partial charge in [0, 0.05) is 16.2 Å². The third-order valence-corrected chi connectivity index (χ3v) is 4.07. The SMILES string of the molecule is C[C@@H](Oc1ccc(Br)cc1C=O)C(=O)Nc1ccc2c(c1)OCCO2. The Kier molecular flexibility index (Phi) is 5.23. The number of benzene rings is 2. The highest BCUT2D eigenvalue weighted by atomic mass is 79.9. The first-order valence-electron chi connectivity index (χ1n) is 7.69. The molecule has 1 aliphatic rings. The minimum atomic E-state index is -0.784. The van der Waals surface area contributed by atoms with Crippen molar-refractivity contribution in [3.8, 4) is 17.2 Å². The fourth-order valence-corrected chi connectivity index (χ4v) is 2.71. The average molecular weight is 406 g/mol. The fourth-order valence-electron chi connectivity index (χ4n) is 2.33. The Hall–Kier alpha value is -2.54. The smallest absolute Gasteiger partial charge is 0.265 e. The van der Waals surface area contributed by atoms with Crippen LogP contribution in [0.3, 0.4) is 0 Å². The molecule has 130 valence electrons. The van der Waals surface area contributed by atoms with Crippen molar-refractivity contribution in [2.45, 2.75) is 13.0 Å². The summed E-state index contributed by atoms with van der Waals surface area (Å²) < 4.78 is 17.3. The Morgan fingerprint density at radius 2 is 1.96 bits per heavy atom. The second kappa shape index (κ2) is 7.57. The number of hydrogen-bond acceptors (Lipinski definition) is 5. The Morgan fingerprint density at radius 1 is 1.20 bits per heavy atom. The molecule has 1 amide bonds. The van der Waals surface area contributed by atoms with E-state index in [9.17, 15) is 9.59 Å². The van der Waals surface area contributed by atoms with Gasteiger partial charge in [0.1, 0.15) is 19.0 Å². The van der Waals surface area contributed by atoms with E-state index in [2.05, 4.69) is 21.2 Å². The van der Waals surface area contributed by atoms with E-state index < -0.39 is 6.10 Å². The second-order valence-electron chi connectivity index (χ2n) is 5.41. The first-order valence-corrected chi connectivity index (χ1v) is 8.48. The van der Waals surface area contributed by atoms with Gasteiger partial charge in [-0.25, -0.2) is 0 Å². The van der Waals surface area contributed by atoms with E-state index in [1.165, 1.54) is 0 Å². The van der Waals surface area contributed by atoms with E-state index in [-0.39, 0.29) is 5.91 Å². The highest BCUT2D eigenvalue weighted by Gasteiger charge is 2.18. The van der Waals surface area contributed by atoms with Crippen molar-refractivity contribution in [1.82, 2.24) is 0 Å². The van der Waals surface area contributed by atoms with Crippen LogP contribution in [0.4, 0.5) is 5.69 Å². The van der Waals surface area contributed by atoms with Crippen molar-refractivity contribution in [3.05, 3.63) is 46.4 Å². The summed E-state index contributed by atoms with van der Waals surface area (Å²) in [6, 6.07) is 10.2. The van der Waals surface area contributed by atoms with Gasteiger partial charge in [-0.05, 0) is 37.3 Å². The molecule has 0 saturated carbocycles. The fraction of sp³-hybridized carbons (Fsp3) is 0.222. The number of carbonyl (C=O) groups is 2. The van der Waals surface area contributed by atoms with Gasteiger partial charge in [-0.15, -0.1) is 0 Å². The van der Waals surface area contributed by atoms with E-state index in [0.717, 1.165) is 4.47 Å². The molecule has 0 aromatic heterocycles. The first kappa shape index (κ1) is 17.3. The summed E-state index contributed by atoms with van der Waals surface area (Å²) in [4.78, 5) is 23.5. The molecule has 7 heteroatoms. The molecule has 2 aromatic carbocycles. The van der Waals surface area contributed by atoms with Crippen molar-refractivity contribution in [3.63, 3.8) is 0 Å². The molecule has 25 heavy (non-hydrogen) atoms. The zero-order valence-electron chi connectivity index (χ0n) is 13.5. The van der Waals surface area contributed by atoms with Crippen LogP contribution < -0.4 is 19.5 Å². The summed E-state index contributed by atoms with van der Waals surface area (Å²) in [6.07, 6.45) is -0.0981. The molecule has 0 bridgehead atoms. The highest BCUT2D eigenvalue weighted by Crippen LogP contribution is 2.32. The molecule has 6 nitrogen and oxygen atoms in total. The summed E-state index contributed by atoms with van der Waals surface area (Å²) >= 11 is 3.29. The number of hydrogen-bond donors (Lipinski definition) is 1. The maximum absolute atomic E-state index is 12.3. The van der Waals surface area contributed by atoms with Crippen LogP contribution in [-0.4, -0.2) is 31.5 Å². The zero-order valence-corrected chi connectivity index (χ0v) is 15.0. The van der Waals surface area contributed by atoms with Crippen LogP contribution in [-0.2, 0) is 4.79 Å². The van der Waals surface area contributed by atoms with Gasteiger partial charge in [-0.3, -0.25) is 9.59 Å². The maximum atomic E-state index is 12.3. The number of amides is 1. The van der Waals surface area contributed by atoms with Crippen LogP contribution in [0.15, 0.2) is 40.9 Å². The largest absolute Gasteiger partial charge is 0.486 e. The summed E-state index contributed by atoms with van der Waals surface area (Å²) in [7, 11) is 0. The first-order chi connectivity index (χ1) is 12.1. The number of carbonyl (C=O) groups excluding carboxylic acids is 2. The third-order valence-electron chi connectivity index (χ3n) is 3.58. The molecule has 1 atom stereocenters. The number of halogens is 1. The summed E-state index contributed by atoms with van der Waals surface area (Å²) in [5.74, 6) is 1.26. The van der Waals surface area contributed by atoms with Crippen LogP contribution in [0.25, 0.3) is 0 Å². The Labute approximate surface area is 153 Å². The number of anilines is 1. The third kappa shape index (κ3) is 4.11. The van der Waals surface area contributed by atoms with E-state index in [1.807, 2.05) is 0 Å². The van der Waals surface area contributed by atoms with Gasteiger partial charge in [0.05, 0.1) is 5.56 Å². The summed E-state index contributed by atoms with van der Waals surface area (Å²) in [5, 5.41) is 2.76. The molecule has 0 unspecified atom stereocenters. The van der Waals surface area contributed by atoms with Crippen LogP contribution in [0, 0.1) is 0 Å². The Morgan fingerprint density at radius 3 is 2.72 bits per heavy atom. The average Bonchev–Trinajstić information content (AvgIpc) is 2.62. The lowest BCUT2D eigenvalue weighted by Crippen LogP contribution is -2.30. The molecule has 1 N–H and O–H groups in total. The van der Waals surface area contributed by atoms with Crippen LogP contribution in [0.2, 0.25) is 0 Å². The summed E-state index contributed by atoms with van der Waals surface area (Å²) in [5.41, 5.74) is 0.949. The molecule has 2 aromatic rings. The molecule has 0 spiro atoms. The predicted octanol–water partition coefficient (Wildman–Crippen LogP) is 3.44. The van der Waals surface area contributed by atoms with Crippen LogP contribution >= 0.6 is 15.9 Å². The molecule has 0 saturated heterocycles. The molecule has 1 aliphatic heterocycles. The number of rotatable bonds is 5. The lowest BCUT2D eigenvalue weighted by atomic mass is 10.2. The highest BCUT2D eigenvalue weighted by molar-refractivity contribution is 9.10. The number of ether oxygens (including phenoxy) is 3. The molecule has 0 fully saturated rings. The topological polar surface area (TPSA) is 73.9 Å². The van der Waals surface area contributed by atoms with Gasteiger partial charge in [0.15, 0.2) is 23.9 Å². The van der Waals surface area contributed by atoms with E-state index in [0.29, 0.717) is 48.0 Å². The molecule has 1 heterocycles. The van der Waals surface area contributed by atoms with Gasteiger partial charge in [-0.1, -0.05) is 15.9 Å². The minimum Gasteiger partial charge on any atom is -0.486 e. The molecule has 0 aliphatic carbocycles. The molecule has 3 rings (SSSR count). The second-order valence-corrected chi connectivity index (χ2v) is 6.32. The Bertz CT molecular complexity index is 808. The normalized spacial score (nSPS) is 13.7. The van der Waals surface area contributed by atoms with E-state index in [1.54, 1.807) is 43.3 Å². The quantitative estimate of drug-likeness (QED) is 0.771. The summed E-state index contributed by atoms with van der Waals surface area (Å²) in [6.45, 7) is 2.60. The lowest BCUT2D eigenvalue weighted by molar-refractivity contribution is -0.122. The van der Waals surface area contributed by atoms with Crippen molar-refractivity contribution < 1.29 is 23.8 Å². The zero-order chi connectivity index (χ0) is 17.8. The molecular weight excluding hydrogens is 390 g/mol. The van der Waals surface area contributed by atoms with Crippen molar-refractivity contribution >= 4 is 33.8 Å². The maximum Gasteiger partial charge on any atom is 0.265 e. The van der Waals surface area contributed by atoms with Crippen LogP contribution in [0.5, 0.6) is 17.2 Å². The lowest BCUT2D eigenvalue weighted by Gasteiger charge is -2.20. The van der Waals surface area contributed by atoms with Gasteiger partial charge < -0.3 is 19.5 Å². The number of nitrogens with one attached hydrogen (secondary N) is 1. The molecule has 0 radical (unpaired) electrons. The Balaban J connectivity index is 1.68. The van der Waals surface area contributed by atoms with Crippen molar-refractivity contribution in [2.24, 2.45) is 0 Å². The number of fused-ring (bicyclic) bond motifs is 1. The van der Waals surface area contributed by atoms with Gasteiger partial charge in [0.25, 0.3) is 5.91 Å². The predicted molar refractivity (Wildman–Crippen MR) is 95.7 cm³/mol. The monoisotopic (exact) mass is 405 g/mol. The standard InChI is InChI=1S/C18H16BrNO5/c1-11(25-15-4-2-13(19)8-12(15)10-21)18(22)20-14-3-5-16-17(9-14)24-7-6-23-16/h2-5,8-11H,6-7H2,1H3,(H,20,22)/t11-/m1/s1. The van der Waals surface area contributed by atoms with Crippen molar-refractivity contribution in [1.29, 1.82) is 0 Å². The van der Waals surface area contributed by atoms with Crippen molar-refractivity contribution in [2.75, 3.05) is 18.5 Å². The molecular formula is C18H16BrNO5. The van der Waals surface area contributed by atoms with Gasteiger partial charge >= 0.3 is 0 Å².